The Bertz CT molecular complexity index is 579. The van der Waals surface area contributed by atoms with Gasteiger partial charge in [0.2, 0.25) is 0 Å². The molecular formula is C14H15NO2S. The molecule has 3 nitrogen and oxygen atoms in total. The number of nitrogens with zero attached hydrogens (tertiary/aromatic N) is 1. The molecule has 0 saturated carbocycles. The van der Waals surface area contributed by atoms with Crippen LogP contribution in [0.3, 0.4) is 0 Å². The van der Waals surface area contributed by atoms with E-state index in [9.17, 15) is 4.21 Å². The normalized spacial score (nSPS) is 18.9. The van der Waals surface area contributed by atoms with E-state index in [4.69, 9.17) is 4.74 Å². The summed E-state index contributed by atoms with van der Waals surface area (Å²) in [5.41, 5.74) is 0. The fourth-order valence-corrected chi connectivity index (χ4v) is 3.33. The molecular weight excluding hydrogens is 246 g/mol. The Morgan fingerprint density at radius 2 is 1.72 bits per heavy atom. The number of ether oxygens (including phenoxy) is 1. The summed E-state index contributed by atoms with van der Waals surface area (Å²) in [4.78, 5) is 0.871. The second kappa shape index (κ2) is 5.18. The molecule has 1 atom stereocenters. The van der Waals surface area contributed by atoms with Crippen molar-refractivity contribution in [3.05, 3.63) is 42.5 Å². The summed E-state index contributed by atoms with van der Waals surface area (Å²) in [5.74, 6) is 0. The van der Waals surface area contributed by atoms with Crippen LogP contribution in [0.25, 0.3) is 10.8 Å². The van der Waals surface area contributed by atoms with Gasteiger partial charge >= 0.3 is 0 Å². The smallest absolute Gasteiger partial charge is 0.127 e. The molecule has 0 N–H and O–H groups in total. The molecule has 94 valence electrons. The van der Waals surface area contributed by atoms with Crippen LogP contribution in [0.4, 0.5) is 0 Å². The lowest BCUT2D eigenvalue weighted by Crippen LogP contribution is -2.37. The highest BCUT2D eigenvalue weighted by Crippen LogP contribution is 2.19. The van der Waals surface area contributed by atoms with Crippen LogP contribution in [0.15, 0.2) is 47.4 Å². The first kappa shape index (κ1) is 11.8. The third-order valence-electron chi connectivity index (χ3n) is 3.13. The lowest BCUT2D eigenvalue weighted by Gasteiger charge is -2.25. The maximum absolute atomic E-state index is 12.4. The second-order valence-electron chi connectivity index (χ2n) is 4.30. The molecule has 1 fully saturated rings. The van der Waals surface area contributed by atoms with Crippen LogP contribution >= 0.6 is 0 Å². The summed E-state index contributed by atoms with van der Waals surface area (Å²) in [6.07, 6.45) is 0. The molecule has 0 aromatic heterocycles. The topological polar surface area (TPSA) is 29.5 Å². The molecule has 0 unspecified atom stereocenters. The predicted octanol–water partition coefficient (Wildman–Crippen LogP) is 2.19. The maximum Gasteiger partial charge on any atom is 0.127 e. The SMILES string of the molecule is O=[S@@](c1ccc2ccccc2c1)N1CCOCC1. The number of hydrogen-bond acceptors (Lipinski definition) is 2. The van der Waals surface area contributed by atoms with Crippen LogP contribution in [0, 0.1) is 0 Å². The van der Waals surface area contributed by atoms with Crippen LogP contribution in [0.5, 0.6) is 0 Å². The highest BCUT2D eigenvalue weighted by atomic mass is 32.2. The predicted molar refractivity (Wildman–Crippen MR) is 72.7 cm³/mol. The molecule has 1 aliphatic heterocycles. The number of hydrogen-bond donors (Lipinski definition) is 0. The number of rotatable bonds is 2. The van der Waals surface area contributed by atoms with Crippen LogP contribution < -0.4 is 0 Å². The van der Waals surface area contributed by atoms with E-state index >= 15 is 0 Å². The summed E-state index contributed by atoms with van der Waals surface area (Å²) < 4.78 is 19.7. The molecule has 0 amide bonds. The number of morpholine rings is 1. The van der Waals surface area contributed by atoms with Crippen LogP contribution in [-0.4, -0.2) is 34.8 Å². The first-order valence-electron chi connectivity index (χ1n) is 6.08. The summed E-state index contributed by atoms with van der Waals surface area (Å²) >= 11 is 0. The van der Waals surface area contributed by atoms with Gasteiger partial charge in [-0.05, 0) is 22.9 Å². The molecule has 3 rings (SSSR count). The van der Waals surface area contributed by atoms with Crippen LogP contribution in [-0.2, 0) is 15.7 Å². The standard InChI is InChI=1S/C14H15NO2S/c16-18(15-7-9-17-10-8-15)14-6-5-12-3-1-2-4-13(12)11-14/h1-6,11H,7-10H2/t18-/m0/s1. The Kier molecular flexibility index (Phi) is 3.41. The van der Waals surface area contributed by atoms with Gasteiger partial charge in [-0.15, -0.1) is 0 Å². The van der Waals surface area contributed by atoms with Gasteiger partial charge < -0.3 is 4.74 Å². The van der Waals surface area contributed by atoms with E-state index < -0.39 is 11.0 Å². The minimum Gasteiger partial charge on any atom is -0.379 e. The van der Waals surface area contributed by atoms with Gasteiger partial charge in [0, 0.05) is 13.1 Å². The highest BCUT2D eigenvalue weighted by Gasteiger charge is 2.18. The van der Waals surface area contributed by atoms with E-state index in [1.54, 1.807) is 0 Å². The molecule has 1 saturated heterocycles. The highest BCUT2D eigenvalue weighted by molar-refractivity contribution is 7.82. The molecule has 2 aromatic carbocycles. The molecule has 2 aromatic rings. The lowest BCUT2D eigenvalue weighted by atomic mass is 10.1. The second-order valence-corrected chi connectivity index (χ2v) is 5.79. The van der Waals surface area contributed by atoms with Crippen molar-refractivity contribution in [1.29, 1.82) is 0 Å². The van der Waals surface area contributed by atoms with E-state index in [2.05, 4.69) is 12.1 Å². The van der Waals surface area contributed by atoms with Crippen LogP contribution in [0.2, 0.25) is 0 Å². The molecule has 1 heterocycles. The summed E-state index contributed by atoms with van der Waals surface area (Å²) in [7, 11) is -1.07. The molecule has 1 aliphatic rings. The van der Waals surface area contributed by atoms with Crippen molar-refractivity contribution >= 4 is 21.8 Å². The minimum atomic E-state index is -1.07. The largest absolute Gasteiger partial charge is 0.379 e. The van der Waals surface area contributed by atoms with Gasteiger partial charge in [0.05, 0.1) is 18.1 Å². The van der Waals surface area contributed by atoms with Crippen molar-refractivity contribution in [2.75, 3.05) is 26.3 Å². The molecule has 0 spiro atoms. The van der Waals surface area contributed by atoms with Gasteiger partial charge in [0.25, 0.3) is 0 Å². The third-order valence-corrected chi connectivity index (χ3v) is 4.62. The van der Waals surface area contributed by atoms with E-state index in [-0.39, 0.29) is 0 Å². The van der Waals surface area contributed by atoms with Gasteiger partial charge in [-0.25, -0.2) is 8.51 Å². The van der Waals surface area contributed by atoms with Crippen molar-refractivity contribution < 1.29 is 8.95 Å². The monoisotopic (exact) mass is 261 g/mol. The quantitative estimate of drug-likeness (QED) is 0.829. The Balaban J connectivity index is 1.91. The minimum absolute atomic E-state index is 0.666. The molecule has 0 radical (unpaired) electrons. The molecule has 0 aliphatic carbocycles. The third kappa shape index (κ3) is 2.32. The van der Waals surface area contributed by atoms with Crippen molar-refractivity contribution in [3.8, 4) is 0 Å². The van der Waals surface area contributed by atoms with E-state index in [0.717, 1.165) is 23.4 Å². The van der Waals surface area contributed by atoms with Gasteiger partial charge in [0.1, 0.15) is 11.0 Å². The average molecular weight is 261 g/mol. The fourth-order valence-electron chi connectivity index (χ4n) is 2.14. The Hall–Kier alpha value is -1.23. The molecule has 0 bridgehead atoms. The van der Waals surface area contributed by atoms with E-state index in [1.165, 1.54) is 5.39 Å². The maximum atomic E-state index is 12.4. The molecule has 18 heavy (non-hydrogen) atoms. The van der Waals surface area contributed by atoms with Crippen molar-refractivity contribution in [1.82, 2.24) is 4.31 Å². The van der Waals surface area contributed by atoms with Crippen molar-refractivity contribution in [2.24, 2.45) is 0 Å². The lowest BCUT2D eigenvalue weighted by molar-refractivity contribution is 0.0752. The van der Waals surface area contributed by atoms with Gasteiger partial charge in [-0.3, -0.25) is 0 Å². The zero-order chi connectivity index (χ0) is 12.4. The Morgan fingerprint density at radius 3 is 2.50 bits per heavy atom. The molecule has 4 heteroatoms. The first-order chi connectivity index (χ1) is 8.84. The summed E-state index contributed by atoms with van der Waals surface area (Å²) in [6, 6.07) is 14.1. The van der Waals surface area contributed by atoms with E-state index in [1.807, 2.05) is 34.6 Å². The average Bonchev–Trinajstić information content (AvgIpc) is 2.47. The zero-order valence-electron chi connectivity index (χ0n) is 10.0. The summed E-state index contributed by atoms with van der Waals surface area (Å²) in [5, 5.41) is 2.32. The summed E-state index contributed by atoms with van der Waals surface area (Å²) in [6.45, 7) is 2.80. The van der Waals surface area contributed by atoms with Crippen LogP contribution in [0.1, 0.15) is 0 Å². The zero-order valence-corrected chi connectivity index (χ0v) is 10.9. The number of benzene rings is 2. The van der Waals surface area contributed by atoms with Crippen molar-refractivity contribution in [2.45, 2.75) is 4.90 Å². The Morgan fingerprint density at radius 1 is 1.00 bits per heavy atom. The number of fused-ring (bicyclic) bond motifs is 1. The van der Waals surface area contributed by atoms with Gasteiger partial charge in [-0.1, -0.05) is 30.3 Å². The van der Waals surface area contributed by atoms with Gasteiger partial charge in [-0.2, -0.15) is 0 Å². The first-order valence-corrected chi connectivity index (χ1v) is 7.19. The van der Waals surface area contributed by atoms with Gasteiger partial charge in [0.15, 0.2) is 0 Å². The Labute approximate surface area is 109 Å². The van der Waals surface area contributed by atoms with E-state index in [0.29, 0.717) is 13.2 Å². The van der Waals surface area contributed by atoms with Crippen molar-refractivity contribution in [3.63, 3.8) is 0 Å². The fraction of sp³-hybridized carbons (Fsp3) is 0.286.